The summed E-state index contributed by atoms with van der Waals surface area (Å²) in [6.07, 6.45) is 3.03. The number of furan rings is 1. The van der Waals surface area contributed by atoms with Gasteiger partial charge in [-0.05, 0) is 32.0 Å². The standard InChI is InChI=1S/C17H17N7O2S/c1-10-7-12(11(2)24(10)16-18-9-19-21-16)13(25)8-27-17-22-20-15(23(17)3)14-5-4-6-26-14/h4-7,9H,8H2,1-3H3,(H,18,19,21). The van der Waals surface area contributed by atoms with Gasteiger partial charge in [0.05, 0.1) is 12.0 Å². The number of nitrogens with one attached hydrogen (secondary N) is 1. The zero-order chi connectivity index (χ0) is 19.0. The van der Waals surface area contributed by atoms with Crippen molar-refractivity contribution >= 4 is 17.5 Å². The molecule has 9 nitrogen and oxygen atoms in total. The van der Waals surface area contributed by atoms with Gasteiger partial charge in [0, 0.05) is 24.0 Å². The average Bonchev–Trinajstić information content (AvgIpc) is 3.41. The van der Waals surface area contributed by atoms with E-state index in [2.05, 4.69) is 25.4 Å². The minimum atomic E-state index is 0.0152. The number of hydrogen-bond acceptors (Lipinski definition) is 7. The summed E-state index contributed by atoms with van der Waals surface area (Å²) in [7, 11) is 1.85. The van der Waals surface area contributed by atoms with E-state index in [-0.39, 0.29) is 11.5 Å². The normalized spacial score (nSPS) is 11.2. The SMILES string of the molecule is Cc1cc(C(=O)CSc2nnc(-c3ccco3)n2C)c(C)n1-c1ncn[nH]1. The molecular formula is C17H17N7O2S. The van der Waals surface area contributed by atoms with Gasteiger partial charge in [0.25, 0.3) is 0 Å². The molecule has 27 heavy (non-hydrogen) atoms. The van der Waals surface area contributed by atoms with E-state index in [1.165, 1.54) is 18.1 Å². The number of rotatable bonds is 6. The van der Waals surface area contributed by atoms with Crippen molar-refractivity contribution < 1.29 is 9.21 Å². The van der Waals surface area contributed by atoms with Crippen LogP contribution in [-0.2, 0) is 7.05 Å². The summed E-state index contributed by atoms with van der Waals surface area (Å²) in [4.78, 5) is 16.9. The molecule has 0 saturated carbocycles. The zero-order valence-corrected chi connectivity index (χ0v) is 15.8. The van der Waals surface area contributed by atoms with E-state index >= 15 is 0 Å². The first-order chi connectivity index (χ1) is 13.1. The molecule has 4 aromatic rings. The topological polar surface area (TPSA) is 107 Å². The minimum absolute atomic E-state index is 0.0152. The maximum Gasteiger partial charge on any atom is 0.229 e. The number of H-pyrrole nitrogens is 1. The fraction of sp³-hybridized carbons (Fsp3) is 0.235. The number of carbonyl (C=O) groups is 1. The van der Waals surface area contributed by atoms with Crippen LogP contribution in [0.4, 0.5) is 0 Å². The summed E-state index contributed by atoms with van der Waals surface area (Å²) in [5.41, 5.74) is 2.39. The number of hydrogen-bond donors (Lipinski definition) is 1. The largest absolute Gasteiger partial charge is 0.461 e. The predicted octanol–water partition coefficient (Wildman–Crippen LogP) is 2.58. The lowest BCUT2D eigenvalue weighted by Crippen LogP contribution is -2.07. The highest BCUT2D eigenvalue weighted by Crippen LogP contribution is 2.25. The molecule has 0 aliphatic heterocycles. The number of aromatic amines is 1. The molecule has 0 aromatic carbocycles. The first-order valence-corrected chi connectivity index (χ1v) is 9.18. The van der Waals surface area contributed by atoms with Crippen molar-refractivity contribution in [3.05, 3.63) is 47.7 Å². The van der Waals surface area contributed by atoms with E-state index in [1.807, 2.05) is 42.2 Å². The molecule has 0 atom stereocenters. The summed E-state index contributed by atoms with van der Waals surface area (Å²) in [6, 6.07) is 5.48. The van der Waals surface area contributed by atoms with E-state index in [9.17, 15) is 4.79 Å². The number of Topliss-reactive ketones (excluding diaryl/α,β-unsaturated/α-hetero) is 1. The quantitative estimate of drug-likeness (QED) is 0.403. The van der Waals surface area contributed by atoms with Crippen molar-refractivity contribution in [3.63, 3.8) is 0 Å². The molecule has 4 aromatic heterocycles. The Kier molecular flexibility index (Phi) is 4.40. The van der Waals surface area contributed by atoms with Crippen molar-refractivity contribution in [1.29, 1.82) is 0 Å². The maximum atomic E-state index is 12.8. The Morgan fingerprint density at radius 2 is 2.19 bits per heavy atom. The van der Waals surface area contributed by atoms with E-state index < -0.39 is 0 Å². The third-order valence-corrected chi connectivity index (χ3v) is 5.27. The summed E-state index contributed by atoms with van der Waals surface area (Å²) in [5, 5.41) is 15.6. The summed E-state index contributed by atoms with van der Waals surface area (Å²) >= 11 is 1.34. The molecule has 0 spiro atoms. The molecule has 0 fully saturated rings. The fourth-order valence-electron chi connectivity index (χ4n) is 2.95. The van der Waals surface area contributed by atoms with Crippen LogP contribution >= 0.6 is 11.8 Å². The van der Waals surface area contributed by atoms with Gasteiger partial charge in [-0.15, -0.1) is 10.2 Å². The van der Waals surface area contributed by atoms with Crippen molar-refractivity contribution in [2.45, 2.75) is 19.0 Å². The molecule has 0 radical (unpaired) electrons. The highest BCUT2D eigenvalue weighted by Gasteiger charge is 2.20. The second-order valence-electron chi connectivity index (χ2n) is 5.98. The number of carbonyl (C=O) groups excluding carboxylic acids is 1. The van der Waals surface area contributed by atoms with Gasteiger partial charge in [-0.1, -0.05) is 11.8 Å². The Morgan fingerprint density at radius 3 is 2.89 bits per heavy atom. The monoisotopic (exact) mass is 383 g/mol. The number of aromatic nitrogens is 7. The molecule has 0 aliphatic carbocycles. The first-order valence-electron chi connectivity index (χ1n) is 8.20. The van der Waals surface area contributed by atoms with Gasteiger partial charge in [-0.2, -0.15) is 10.1 Å². The van der Waals surface area contributed by atoms with Gasteiger partial charge in [-0.25, -0.2) is 5.10 Å². The summed E-state index contributed by atoms with van der Waals surface area (Å²) < 4.78 is 9.05. The third kappa shape index (κ3) is 3.08. The maximum absolute atomic E-state index is 12.8. The molecule has 0 aliphatic rings. The molecular weight excluding hydrogens is 366 g/mol. The Labute approximate surface area is 158 Å². The Hall–Kier alpha value is -3.14. The highest BCUT2D eigenvalue weighted by atomic mass is 32.2. The smallest absolute Gasteiger partial charge is 0.229 e. The number of ketones is 1. The predicted molar refractivity (Wildman–Crippen MR) is 98.9 cm³/mol. The van der Waals surface area contributed by atoms with Gasteiger partial charge >= 0.3 is 0 Å². The molecule has 0 saturated heterocycles. The highest BCUT2D eigenvalue weighted by molar-refractivity contribution is 7.99. The van der Waals surface area contributed by atoms with Gasteiger partial charge in [0.15, 0.2) is 22.5 Å². The molecule has 4 heterocycles. The van der Waals surface area contributed by atoms with Crippen LogP contribution in [0.2, 0.25) is 0 Å². The summed E-state index contributed by atoms with van der Waals surface area (Å²) in [6.45, 7) is 3.82. The van der Waals surface area contributed by atoms with Crippen LogP contribution in [0.5, 0.6) is 0 Å². The van der Waals surface area contributed by atoms with Gasteiger partial charge in [-0.3, -0.25) is 9.36 Å². The van der Waals surface area contributed by atoms with Crippen molar-refractivity contribution in [2.24, 2.45) is 7.05 Å². The van der Waals surface area contributed by atoms with Gasteiger partial charge in [0.2, 0.25) is 5.95 Å². The molecule has 0 amide bonds. The fourth-order valence-corrected chi connectivity index (χ4v) is 3.74. The molecule has 4 rings (SSSR count). The van der Waals surface area contributed by atoms with Crippen LogP contribution in [0.3, 0.4) is 0 Å². The number of nitrogens with zero attached hydrogens (tertiary/aromatic N) is 6. The van der Waals surface area contributed by atoms with Crippen LogP contribution in [0.1, 0.15) is 21.7 Å². The van der Waals surface area contributed by atoms with E-state index in [0.29, 0.717) is 28.3 Å². The number of aryl methyl sites for hydroxylation is 1. The van der Waals surface area contributed by atoms with E-state index in [0.717, 1.165) is 11.4 Å². The van der Waals surface area contributed by atoms with Gasteiger partial charge in [0.1, 0.15) is 6.33 Å². The Balaban J connectivity index is 1.52. The zero-order valence-electron chi connectivity index (χ0n) is 15.0. The van der Waals surface area contributed by atoms with Crippen molar-refractivity contribution in [2.75, 3.05) is 5.75 Å². The second-order valence-corrected chi connectivity index (χ2v) is 6.93. The van der Waals surface area contributed by atoms with Crippen LogP contribution in [0.15, 0.2) is 40.4 Å². The van der Waals surface area contributed by atoms with E-state index in [4.69, 9.17) is 4.42 Å². The van der Waals surface area contributed by atoms with Crippen LogP contribution in [-0.4, -0.2) is 46.0 Å². The third-order valence-electron chi connectivity index (χ3n) is 4.25. The number of thioether (sulfide) groups is 1. The molecule has 138 valence electrons. The van der Waals surface area contributed by atoms with Crippen LogP contribution in [0.25, 0.3) is 17.5 Å². The second kappa shape index (κ2) is 6.88. The average molecular weight is 383 g/mol. The molecule has 0 unspecified atom stereocenters. The lowest BCUT2D eigenvalue weighted by atomic mass is 10.2. The van der Waals surface area contributed by atoms with Crippen LogP contribution < -0.4 is 0 Å². The van der Waals surface area contributed by atoms with Crippen molar-refractivity contribution in [3.8, 4) is 17.5 Å². The first kappa shape index (κ1) is 17.3. The van der Waals surface area contributed by atoms with E-state index in [1.54, 1.807) is 12.3 Å². The van der Waals surface area contributed by atoms with Crippen molar-refractivity contribution in [1.82, 2.24) is 34.5 Å². The minimum Gasteiger partial charge on any atom is -0.461 e. The molecule has 0 bridgehead atoms. The van der Waals surface area contributed by atoms with Gasteiger partial charge < -0.3 is 8.98 Å². The van der Waals surface area contributed by atoms with Crippen LogP contribution in [0, 0.1) is 13.8 Å². The Bertz CT molecular complexity index is 1080. The molecule has 1 N–H and O–H groups in total. The lowest BCUT2D eigenvalue weighted by Gasteiger charge is -2.05. The Morgan fingerprint density at radius 1 is 1.33 bits per heavy atom. The lowest BCUT2D eigenvalue weighted by molar-refractivity contribution is 0.102. The molecule has 10 heteroatoms. The summed E-state index contributed by atoms with van der Waals surface area (Å²) in [5.74, 6) is 2.12.